The van der Waals surface area contributed by atoms with Crippen molar-refractivity contribution in [3.05, 3.63) is 35.3 Å². The first-order chi connectivity index (χ1) is 10.7. The second-order valence-electron chi connectivity index (χ2n) is 4.13. The van der Waals surface area contributed by atoms with Crippen LogP contribution in [0, 0.1) is 0 Å². The molecular weight excluding hydrogens is 306 g/mol. The Labute approximate surface area is 131 Å². The summed E-state index contributed by atoms with van der Waals surface area (Å²) in [6.45, 7) is 1.92. The largest absolute Gasteiger partial charge is 0.484 e. The SMILES string of the molecule is CCOC(=O)Cc1nnc(NC(=O)COc2ccccc2)s1. The van der Waals surface area contributed by atoms with Crippen molar-refractivity contribution in [2.24, 2.45) is 0 Å². The zero-order valence-electron chi connectivity index (χ0n) is 11.9. The molecule has 0 aliphatic heterocycles. The second kappa shape index (κ2) is 8.08. The smallest absolute Gasteiger partial charge is 0.312 e. The lowest BCUT2D eigenvalue weighted by molar-refractivity contribution is -0.142. The van der Waals surface area contributed by atoms with E-state index in [1.54, 1.807) is 19.1 Å². The van der Waals surface area contributed by atoms with Crippen molar-refractivity contribution in [3.8, 4) is 5.75 Å². The maximum absolute atomic E-state index is 11.7. The maximum Gasteiger partial charge on any atom is 0.312 e. The molecule has 2 rings (SSSR count). The summed E-state index contributed by atoms with van der Waals surface area (Å²) in [5, 5.41) is 11.0. The number of hydrogen-bond acceptors (Lipinski definition) is 7. The third kappa shape index (κ3) is 5.13. The highest BCUT2D eigenvalue weighted by atomic mass is 32.1. The summed E-state index contributed by atoms with van der Waals surface area (Å²) >= 11 is 1.13. The topological polar surface area (TPSA) is 90.4 Å². The first kappa shape index (κ1) is 15.9. The number of aromatic nitrogens is 2. The number of anilines is 1. The molecular formula is C14H15N3O4S. The Morgan fingerprint density at radius 2 is 2.00 bits per heavy atom. The van der Waals surface area contributed by atoms with Crippen LogP contribution in [-0.2, 0) is 20.7 Å². The van der Waals surface area contributed by atoms with Crippen molar-refractivity contribution >= 4 is 28.3 Å². The Hall–Kier alpha value is -2.48. The van der Waals surface area contributed by atoms with Crippen LogP contribution in [0.25, 0.3) is 0 Å². The Bertz CT molecular complexity index is 630. The molecule has 22 heavy (non-hydrogen) atoms. The molecule has 0 unspecified atom stereocenters. The molecule has 0 spiro atoms. The summed E-state index contributed by atoms with van der Waals surface area (Å²) in [6, 6.07) is 9.02. The lowest BCUT2D eigenvalue weighted by Crippen LogP contribution is -2.20. The number of rotatable bonds is 7. The van der Waals surface area contributed by atoms with Crippen molar-refractivity contribution in [1.29, 1.82) is 0 Å². The van der Waals surface area contributed by atoms with Gasteiger partial charge in [0.15, 0.2) is 6.61 Å². The van der Waals surface area contributed by atoms with Crippen LogP contribution < -0.4 is 10.1 Å². The zero-order chi connectivity index (χ0) is 15.8. The summed E-state index contributed by atoms with van der Waals surface area (Å²) in [4.78, 5) is 23.0. The highest BCUT2D eigenvalue weighted by Crippen LogP contribution is 2.16. The van der Waals surface area contributed by atoms with Crippen molar-refractivity contribution in [2.45, 2.75) is 13.3 Å². The van der Waals surface area contributed by atoms with Crippen LogP contribution >= 0.6 is 11.3 Å². The normalized spacial score (nSPS) is 10.0. The second-order valence-corrected chi connectivity index (χ2v) is 5.19. The minimum atomic E-state index is -0.371. The van der Waals surface area contributed by atoms with Gasteiger partial charge in [-0.25, -0.2) is 0 Å². The van der Waals surface area contributed by atoms with Gasteiger partial charge < -0.3 is 9.47 Å². The molecule has 0 aliphatic rings. The lowest BCUT2D eigenvalue weighted by Gasteiger charge is -2.04. The monoisotopic (exact) mass is 321 g/mol. The van der Waals surface area contributed by atoms with E-state index in [0.717, 1.165) is 11.3 Å². The molecule has 1 N–H and O–H groups in total. The number of carbonyl (C=O) groups excluding carboxylic acids is 2. The van der Waals surface area contributed by atoms with E-state index in [1.807, 2.05) is 18.2 Å². The van der Waals surface area contributed by atoms with Gasteiger partial charge in [0, 0.05) is 0 Å². The Kier molecular flexibility index (Phi) is 5.84. The molecule has 0 fully saturated rings. The third-order valence-electron chi connectivity index (χ3n) is 2.43. The number of hydrogen-bond donors (Lipinski definition) is 1. The number of para-hydroxylation sites is 1. The number of amides is 1. The van der Waals surface area contributed by atoms with E-state index in [9.17, 15) is 9.59 Å². The van der Waals surface area contributed by atoms with Gasteiger partial charge in [0.25, 0.3) is 5.91 Å². The molecule has 0 bridgehead atoms. The fourth-order valence-corrected chi connectivity index (χ4v) is 2.27. The maximum atomic E-state index is 11.7. The van der Waals surface area contributed by atoms with Crippen LogP contribution in [0.2, 0.25) is 0 Å². The quantitative estimate of drug-likeness (QED) is 0.780. The molecule has 0 radical (unpaired) electrons. The highest BCUT2D eigenvalue weighted by Gasteiger charge is 2.12. The van der Waals surface area contributed by atoms with Crippen molar-refractivity contribution < 1.29 is 19.1 Å². The van der Waals surface area contributed by atoms with Crippen LogP contribution in [-0.4, -0.2) is 35.3 Å². The van der Waals surface area contributed by atoms with Gasteiger partial charge in [-0.3, -0.25) is 14.9 Å². The first-order valence-electron chi connectivity index (χ1n) is 6.63. The van der Waals surface area contributed by atoms with E-state index in [0.29, 0.717) is 22.5 Å². The van der Waals surface area contributed by atoms with Crippen LogP contribution in [0.5, 0.6) is 5.75 Å². The van der Waals surface area contributed by atoms with E-state index in [-0.39, 0.29) is 24.9 Å². The average Bonchev–Trinajstić information content (AvgIpc) is 2.93. The van der Waals surface area contributed by atoms with E-state index < -0.39 is 0 Å². The predicted octanol–water partition coefficient (Wildman–Crippen LogP) is 1.66. The summed E-state index contributed by atoms with van der Waals surface area (Å²) in [5.41, 5.74) is 0. The van der Waals surface area contributed by atoms with Gasteiger partial charge in [-0.1, -0.05) is 29.5 Å². The molecule has 0 atom stereocenters. The van der Waals surface area contributed by atoms with Gasteiger partial charge in [0.2, 0.25) is 5.13 Å². The molecule has 1 amide bonds. The number of carbonyl (C=O) groups is 2. The summed E-state index contributed by atoms with van der Waals surface area (Å²) in [7, 11) is 0. The highest BCUT2D eigenvalue weighted by molar-refractivity contribution is 7.15. The van der Waals surface area contributed by atoms with Crippen LogP contribution in [0.3, 0.4) is 0 Å². The minimum Gasteiger partial charge on any atom is -0.484 e. The third-order valence-corrected chi connectivity index (χ3v) is 3.27. The number of benzene rings is 1. The van der Waals surface area contributed by atoms with Gasteiger partial charge in [-0.15, -0.1) is 10.2 Å². The standard InChI is InChI=1S/C14H15N3O4S/c1-2-20-13(19)8-12-16-17-14(22-12)15-11(18)9-21-10-6-4-3-5-7-10/h3-7H,2,8-9H2,1H3,(H,15,17,18). The van der Waals surface area contributed by atoms with Gasteiger partial charge in [-0.2, -0.15) is 0 Å². The van der Waals surface area contributed by atoms with Crippen molar-refractivity contribution in [2.75, 3.05) is 18.5 Å². The fraction of sp³-hybridized carbons (Fsp3) is 0.286. The molecule has 2 aromatic rings. The first-order valence-corrected chi connectivity index (χ1v) is 7.44. The number of esters is 1. The van der Waals surface area contributed by atoms with Crippen LogP contribution in [0.1, 0.15) is 11.9 Å². The van der Waals surface area contributed by atoms with Gasteiger partial charge >= 0.3 is 5.97 Å². The summed E-state index contributed by atoms with van der Waals surface area (Å²) in [5.74, 6) is -0.107. The summed E-state index contributed by atoms with van der Waals surface area (Å²) in [6.07, 6.45) is 0.0435. The predicted molar refractivity (Wildman–Crippen MR) is 80.8 cm³/mol. The molecule has 1 aromatic heterocycles. The van der Waals surface area contributed by atoms with E-state index in [1.165, 1.54) is 0 Å². The summed E-state index contributed by atoms with van der Waals surface area (Å²) < 4.78 is 10.1. The van der Waals surface area contributed by atoms with Crippen molar-refractivity contribution in [1.82, 2.24) is 10.2 Å². The molecule has 8 heteroatoms. The van der Waals surface area contributed by atoms with E-state index in [2.05, 4.69) is 15.5 Å². The van der Waals surface area contributed by atoms with Gasteiger partial charge in [-0.05, 0) is 19.1 Å². The molecule has 1 aromatic carbocycles. The average molecular weight is 321 g/mol. The Morgan fingerprint density at radius 3 is 2.73 bits per heavy atom. The van der Waals surface area contributed by atoms with Crippen molar-refractivity contribution in [3.63, 3.8) is 0 Å². The van der Waals surface area contributed by atoms with Crippen LogP contribution in [0.4, 0.5) is 5.13 Å². The van der Waals surface area contributed by atoms with Gasteiger partial charge in [0.05, 0.1) is 13.0 Å². The molecule has 0 saturated carbocycles. The number of nitrogens with zero attached hydrogens (tertiary/aromatic N) is 2. The fourth-order valence-electron chi connectivity index (χ4n) is 1.53. The molecule has 0 aliphatic carbocycles. The number of ether oxygens (including phenoxy) is 2. The minimum absolute atomic E-state index is 0.0435. The van der Waals surface area contributed by atoms with E-state index in [4.69, 9.17) is 9.47 Å². The molecule has 0 saturated heterocycles. The zero-order valence-corrected chi connectivity index (χ0v) is 12.8. The Balaban J connectivity index is 1.79. The number of nitrogens with one attached hydrogen (secondary N) is 1. The molecule has 116 valence electrons. The van der Waals surface area contributed by atoms with Crippen LogP contribution in [0.15, 0.2) is 30.3 Å². The molecule has 7 nitrogen and oxygen atoms in total. The van der Waals surface area contributed by atoms with Gasteiger partial charge in [0.1, 0.15) is 10.8 Å². The lowest BCUT2D eigenvalue weighted by atomic mass is 10.3. The Morgan fingerprint density at radius 1 is 1.23 bits per heavy atom. The molecule has 1 heterocycles. The van der Waals surface area contributed by atoms with E-state index >= 15 is 0 Å².